The number of hydrogen-bond acceptors (Lipinski definition) is 6. The molecule has 34 heavy (non-hydrogen) atoms. The Kier molecular flexibility index (Phi) is 7.26. The van der Waals surface area contributed by atoms with Crippen molar-refractivity contribution in [2.45, 2.75) is 52.3 Å². The number of rotatable bonds is 5. The number of aromatic nitrogens is 2. The number of ether oxygens (including phenoxy) is 1. The molecule has 3 heterocycles. The summed E-state index contributed by atoms with van der Waals surface area (Å²) in [5, 5.41) is 7.68. The van der Waals surface area contributed by atoms with Gasteiger partial charge in [-0.25, -0.2) is 4.79 Å². The summed E-state index contributed by atoms with van der Waals surface area (Å²) in [7, 11) is 0. The number of amides is 1. The number of hydrogen-bond donors (Lipinski definition) is 2. The van der Waals surface area contributed by atoms with Crippen molar-refractivity contribution in [3.63, 3.8) is 0 Å². The van der Waals surface area contributed by atoms with Crippen molar-refractivity contribution in [3.05, 3.63) is 59.0 Å². The number of pyridine rings is 2. The number of nitrogens with one attached hydrogen (secondary N) is 2. The van der Waals surface area contributed by atoms with Crippen LogP contribution in [-0.2, 0) is 11.3 Å². The van der Waals surface area contributed by atoms with Gasteiger partial charge in [-0.05, 0) is 57.4 Å². The van der Waals surface area contributed by atoms with E-state index in [1.807, 2.05) is 57.4 Å². The first-order chi connectivity index (χ1) is 16.2. The van der Waals surface area contributed by atoms with Crippen molar-refractivity contribution in [2.24, 2.45) is 5.92 Å². The van der Waals surface area contributed by atoms with Gasteiger partial charge in [0.15, 0.2) is 0 Å². The minimum Gasteiger partial charge on any atom is -0.444 e. The molecule has 2 aromatic heterocycles. The van der Waals surface area contributed by atoms with Crippen LogP contribution in [0.2, 0.25) is 0 Å². The smallest absolute Gasteiger partial charge is 0.407 e. The van der Waals surface area contributed by atoms with E-state index in [1.165, 1.54) is 0 Å². The first-order valence-corrected chi connectivity index (χ1v) is 12.4. The fourth-order valence-electron chi connectivity index (χ4n) is 4.34. The van der Waals surface area contributed by atoms with E-state index in [1.54, 1.807) is 0 Å². The quantitative estimate of drug-likeness (QED) is 0.441. The van der Waals surface area contributed by atoms with Crippen LogP contribution in [0.15, 0.2) is 53.3 Å². The largest absolute Gasteiger partial charge is 0.444 e. The van der Waals surface area contributed by atoms with Gasteiger partial charge in [0.2, 0.25) is 0 Å². The first-order valence-electron chi connectivity index (χ1n) is 11.6. The number of piperidine rings is 1. The maximum Gasteiger partial charge on any atom is 0.407 e. The summed E-state index contributed by atoms with van der Waals surface area (Å²) in [5.41, 5.74) is 3.42. The first kappa shape index (κ1) is 24.3. The van der Waals surface area contributed by atoms with Crippen molar-refractivity contribution in [1.29, 1.82) is 0 Å². The lowest BCUT2D eigenvalue weighted by atomic mass is 9.95. The third-order valence-corrected chi connectivity index (χ3v) is 6.18. The molecular formula is C26H32BrN5O2. The Morgan fingerprint density at radius 3 is 2.79 bits per heavy atom. The molecule has 2 unspecified atom stereocenters. The monoisotopic (exact) mass is 525 g/mol. The van der Waals surface area contributed by atoms with Crippen molar-refractivity contribution < 1.29 is 9.53 Å². The zero-order valence-electron chi connectivity index (χ0n) is 20.1. The van der Waals surface area contributed by atoms with Gasteiger partial charge in [0, 0.05) is 35.2 Å². The fourth-order valence-corrected chi connectivity index (χ4v) is 4.69. The average Bonchev–Trinajstić information content (AvgIpc) is 2.75. The predicted molar refractivity (Wildman–Crippen MR) is 140 cm³/mol. The molecule has 0 aliphatic carbocycles. The molecule has 7 nitrogen and oxygen atoms in total. The van der Waals surface area contributed by atoms with E-state index in [-0.39, 0.29) is 12.1 Å². The van der Waals surface area contributed by atoms with Gasteiger partial charge in [0.05, 0.1) is 35.3 Å². The molecule has 1 fully saturated rings. The minimum absolute atomic E-state index is 0.0141. The molecule has 1 amide bonds. The second-order valence-electron chi connectivity index (χ2n) is 9.97. The standard InChI is InChI=1S/C26H32BrN5O2/c1-17-11-21(31-25(33)34-26(2,3)4)16-32(15-17)24-9-10-28-14-23(24)29-13-20-8-6-18-5-7-19(27)12-22(18)30-20/h5-10,12,14,17,21,29H,11,13,15-16H2,1-4H3,(H,31,33). The maximum atomic E-state index is 12.3. The lowest BCUT2D eigenvalue weighted by Crippen LogP contribution is -2.51. The van der Waals surface area contributed by atoms with Gasteiger partial charge in [0.25, 0.3) is 0 Å². The van der Waals surface area contributed by atoms with Gasteiger partial charge in [-0.3, -0.25) is 9.97 Å². The van der Waals surface area contributed by atoms with E-state index >= 15 is 0 Å². The van der Waals surface area contributed by atoms with Crippen LogP contribution >= 0.6 is 15.9 Å². The van der Waals surface area contributed by atoms with Crippen molar-refractivity contribution in [1.82, 2.24) is 15.3 Å². The van der Waals surface area contributed by atoms with Crippen LogP contribution in [0.25, 0.3) is 10.9 Å². The Bertz CT molecular complexity index is 1160. The van der Waals surface area contributed by atoms with Crippen LogP contribution in [0.1, 0.15) is 39.8 Å². The number of alkyl carbamates (subject to hydrolysis) is 1. The Hall–Kier alpha value is -2.87. The van der Waals surface area contributed by atoms with Crippen LogP contribution in [-0.4, -0.2) is 40.8 Å². The molecule has 2 atom stereocenters. The molecule has 1 aromatic carbocycles. The lowest BCUT2D eigenvalue weighted by Gasteiger charge is -2.39. The summed E-state index contributed by atoms with van der Waals surface area (Å²) in [6, 6.07) is 12.3. The van der Waals surface area contributed by atoms with Crippen molar-refractivity contribution in [2.75, 3.05) is 23.3 Å². The summed E-state index contributed by atoms with van der Waals surface area (Å²) >= 11 is 3.52. The topological polar surface area (TPSA) is 79.4 Å². The molecule has 0 radical (unpaired) electrons. The molecule has 1 aliphatic rings. The molecule has 180 valence electrons. The highest BCUT2D eigenvalue weighted by atomic mass is 79.9. The van der Waals surface area contributed by atoms with Crippen LogP contribution < -0.4 is 15.5 Å². The summed E-state index contributed by atoms with van der Waals surface area (Å²) in [4.78, 5) is 23.8. The molecule has 3 aromatic rings. The summed E-state index contributed by atoms with van der Waals surface area (Å²) < 4.78 is 6.48. The van der Waals surface area contributed by atoms with Crippen LogP contribution in [0.4, 0.5) is 16.2 Å². The summed E-state index contributed by atoms with van der Waals surface area (Å²) in [6.07, 6.45) is 4.21. The Morgan fingerprint density at radius 1 is 1.21 bits per heavy atom. The molecule has 0 bridgehead atoms. The Labute approximate surface area is 209 Å². The van der Waals surface area contributed by atoms with E-state index in [0.717, 1.165) is 45.4 Å². The van der Waals surface area contributed by atoms with Gasteiger partial charge in [-0.15, -0.1) is 0 Å². The second-order valence-corrected chi connectivity index (χ2v) is 10.9. The molecule has 0 spiro atoms. The molecule has 4 rings (SSSR count). The van der Waals surface area contributed by atoms with E-state index < -0.39 is 5.60 Å². The third kappa shape index (κ3) is 6.38. The number of fused-ring (bicyclic) bond motifs is 1. The fraction of sp³-hybridized carbons (Fsp3) is 0.423. The zero-order valence-corrected chi connectivity index (χ0v) is 21.7. The molecule has 0 saturated carbocycles. The van der Waals surface area contributed by atoms with Crippen LogP contribution in [0, 0.1) is 5.92 Å². The van der Waals surface area contributed by atoms with Gasteiger partial charge < -0.3 is 20.3 Å². The van der Waals surface area contributed by atoms with Gasteiger partial charge >= 0.3 is 6.09 Å². The van der Waals surface area contributed by atoms with E-state index in [0.29, 0.717) is 19.0 Å². The Morgan fingerprint density at radius 2 is 2.00 bits per heavy atom. The van der Waals surface area contributed by atoms with E-state index in [4.69, 9.17) is 9.72 Å². The molecule has 1 saturated heterocycles. The number of nitrogens with zero attached hydrogens (tertiary/aromatic N) is 3. The number of carbonyl (C=O) groups excluding carboxylic acids is 1. The van der Waals surface area contributed by atoms with Gasteiger partial charge in [0.1, 0.15) is 5.60 Å². The number of halogens is 1. The predicted octanol–water partition coefficient (Wildman–Crippen LogP) is 5.74. The Balaban J connectivity index is 1.46. The highest BCUT2D eigenvalue weighted by Gasteiger charge is 2.28. The van der Waals surface area contributed by atoms with Crippen LogP contribution in [0.5, 0.6) is 0 Å². The zero-order chi connectivity index (χ0) is 24.3. The highest BCUT2D eigenvalue weighted by molar-refractivity contribution is 9.10. The molecule has 2 N–H and O–H groups in total. The SMILES string of the molecule is CC1CC(NC(=O)OC(C)(C)C)CN(c2ccncc2NCc2ccc3ccc(Br)cc3n2)C1. The molecule has 8 heteroatoms. The minimum atomic E-state index is -0.515. The summed E-state index contributed by atoms with van der Waals surface area (Å²) in [5.74, 6) is 0.426. The molecular weight excluding hydrogens is 494 g/mol. The van der Waals surface area contributed by atoms with Crippen LogP contribution in [0.3, 0.4) is 0 Å². The highest BCUT2D eigenvalue weighted by Crippen LogP contribution is 2.30. The van der Waals surface area contributed by atoms with Crippen molar-refractivity contribution >= 4 is 44.3 Å². The summed E-state index contributed by atoms with van der Waals surface area (Å²) in [6.45, 7) is 10.0. The van der Waals surface area contributed by atoms with Gasteiger partial charge in [-0.2, -0.15) is 0 Å². The molecule has 1 aliphatic heterocycles. The normalized spacial score (nSPS) is 18.6. The third-order valence-electron chi connectivity index (χ3n) is 5.69. The van der Waals surface area contributed by atoms with Crippen molar-refractivity contribution in [3.8, 4) is 0 Å². The van der Waals surface area contributed by atoms with E-state index in [2.05, 4.69) is 55.5 Å². The number of carbonyl (C=O) groups is 1. The van der Waals surface area contributed by atoms with E-state index in [9.17, 15) is 4.79 Å². The maximum absolute atomic E-state index is 12.3. The number of benzene rings is 1. The second kappa shape index (κ2) is 10.2. The lowest BCUT2D eigenvalue weighted by molar-refractivity contribution is 0.0495. The average molecular weight is 526 g/mol. The number of anilines is 2. The van der Waals surface area contributed by atoms with Gasteiger partial charge in [-0.1, -0.05) is 35.0 Å².